The molecule has 1 fully saturated rings. The van der Waals surface area contributed by atoms with E-state index in [1.807, 2.05) is 43.5 Å². The third-order valence-electron chi connectivity index (χ3n) is 4.94. The molecule has 3 aromatic rings. The number of hydrogen-bond donors (Lipinski definition) is 1. The smallest absolute Gasteiger partial charge is 0.229 e. The largest absolute Gasteiger partial charge is 0.356 e. The minimum absolute atomic E-state index is 0.0523. The average molecular weight is 441 g/mol. The molecule has 1 aliphatic heterocycles. The number of carbonyl (C=O) groups is 1. The summed E-state index contributed by atoms with van der Waals surface area (Å²) in [4.78, 5) is 23.7. The summed E-state index contributed by atoms with van der Waals surface area (Å²) in [5, 5.41) is 7.30. The van der Waals surface area contributed by atoms with Crippen molar-refractivity contribution in [3.8, 4) is 5.82 Å². The van der Waals surface area contributed by atoms with Crippen LogP contribution in [0.2, 0.25) is 0 Å². The van der Waals surface area contributed by atoms with Crippen LogP contribution < -0.4 is 10.2 Å². The Morgan fingerprint density at radius 3 is 2.89 bits per heavy atom. The Morgan fingerprint density at radius 1 is 1.25 bits per heavy atom. The molecule has 0 bridgehead atoms. The molecule has 8 heteroatoms. The highest BCUT2D eigenvalue weighted by atomic mass is 79.9. The molecule has 0 saturated carbocycles. The van der Waals surface area contributed by atoms with Crippen molar-refractivity contribution in [2.24, 2.45) is 5.92 Å². The van der Waals surface area contributed by atoms with Gasteiger partial charge in [-0.2, -0.15) is 5.10 Å². The summed E-state index contributed by atoms with van der Waals surface area (Å²) in [7, 11) is 0. The van der Waals surface area contributed by atoms with Crippen molar-refractivity contribution in [2.75, 3.05) is 23.3 Å². The second kappa shape index (κ2) is 8.10. The van der Waals surface area contributed by atoms with Crippen molar-refractivity contribution in [3.05, 3.63) is 59.1 Å². The monoisotopic (exact) mass is 440 g/mol. The predicted molar refractivity (Wildman–Crippen MR) is 112 cm³/mol. The summed E-state index contributed by atoms with van der Waals surface area (Å²) < 4.78 is 2.71. The lowest BCUT2D eigenvalue weighted by Crippen LogP contribution is -2.41. The highest BCUT2D eigenvalue weighted by Gasteiger charge is 2.27. The normalized spacial score (nSPS) is 16.8. The van der Waals surface area contributed by atoms with E-state index in [0.29, 0.717) is 12.4 Å². The van der Waals surface area contributed by atoms with Crippen LogP contribution in [0.25, 0.3) is 5.82 Å². The van der Waals surface area contributed by atoms with Crippen LogP contribution in [0.15, 0.2) is 53.5 Å². The second-order valence-corrected chi connectivity index (χ2v) is 7.83. The van der Waals surface area contributed by atoms with E-state index >= 15 is 0 Å². The quantitative estimate of drug-likeness (QED) is 0.670. The van der Waals surface area contributed by atoms with Crippen LogP contribution in [-0.2, 0) is 4.79 Å². The van der Waals surface area contributed by atoms with Crippen LogP contribution in [0.4, 0.5) is 11.5 Å². The second-order valence-electron chi connectivity index (χ2n) is 6.92. The molecule has 28 heavy (non-hydrogen) atoms. The maximum Gasteiger partial charge on any atom is 0.229 e. The highest BCUT2D eigenvalue weighted by molar-refractivity contribution is 9.10. The Labute approximate surface area is 171 Å². The van der Waals surface area contributed by atoms with E-state index in [-0.39, 0.29) is 11.8 Å². The van der Waals surface area contributed by atoms with Gasteiger partial charge in [-0.15, -0.1) is 0 Å². The van der Waals surface area contributed by atoms with Crippen molar-refractivity contribution < 1.29 is 4.79 Å². The number of anilines is 2. The first-order chi connectivity index (χ1) is 13.6. The maximum absolute atomic E-state index is 12.8. The van der Waals surface area contributed by atoms with Crippen LogP contribution >= 0.6 is 15.9 Å². The van der Waals surface area contributed by atoms with E-state index in [1.54, 1.807) is 17.2 Å². The van der Waals surface area contributed by atoms with Crippen molar-refractivity contribution in [1.82, 2.24) is 19.7 Å². The van der Waals surface area contributed by atoms with Crippen LogP contribution in [0.3, 0.4) is 0 Å². The first-order valence-electron chi connectivity index (χ1n) is 9.24. The Kier molecular flexibility index (Phi) is 5.38. The Hall–Kier alpha value is -2.74. The maximum atomic E-state index is 12.8. The van der Waals surface area contributed by atoms with E-state index in [0.717, 1.165) is 40.9 Å². The Balaban J connectivity index is 1.47. The predicted octanol–water partition coefficient (Wildman–Crippen LogP) is 3.59. The fraction of sp³-hybridized carbons (Fsp3) is 0.300. The SMILES string of the molecule is Cc1cc(Br)ccc1NC(=O)C1CCCN(c2cc(-n3cccn3)ncn2)C1. The van der Waals surface area contributed by atoms with E-state index < -0.39 is 0 Å². The first kappa shape index (κ1) is 18.6. The lowest BCUT2D eigenvalue weighted by atomic mass is 9.97. The molecule has 1 unspecified atom stereocenters. The molecule has 1 saturated heterocycles. The average Bonchev–Trinajstić information content (AvgIpc) is 3.25. The van der Waals surface area contributed by atoms with E-state index in [4.69, 9.17) is 0 Å². The van der Waals surface area contributed by atoms with Gasteiger partial charge in [0.25, 0.3) is 0 Å². The van der Waals surface area contributed by atoms with Gasteiger partial charge in [-0.3, -0.25) is 4.79 Å². The third-order valence-corrected chi connectivity index (χ3v) is 5.43. The number of hydrogen-bond acceptors (Lipinski definition) is 5. The minimum atomic E-state index is -0.0834. The number of carbonyl (C=O) groups excluding carboxylic acids is 1. The molecule has 1 aromatic carbocycles. The summed E-state index contributed by atoms with van der Waals surface area (Å²) in [6.45, 7) is 3.50. The summed E-state index contributed by atoms with van der Waals surface area (Å²) in [6, 6.07) is 9.63. The molecule has 1 aliphatic rings. The summed E-state index contributed by atoms with van der Waals surface area (Å²) in [6.07, 6.45) is 6.92. The van der Waals surface area contributed by atoms with Gasteiger partial charge in [0.15, 0.2) is 5.82 Å². The highest BCUT2D eigenvalue weighted by Crippen LogP contribution is 2.25. The molecule has 0 spiro atoms. The van der Waals surface area contributed by atoms with Gasteiger partial charge in [0, 0.05) is 41.7 Å². The fourth-order valence-electron chi connectivity index (χ4n) is 3.44. The van der Waals surface area contributed by atoms with Crippen molar-refractivity contribution in [3.63, 3.8) is 0 Å². The molecule has 0 aliphatic carbocycles. The Bertz CT molecular complexity index is 975. The molecule has 1 atom stereocenters. The number of rotatable bonds is 4. The summed E-state index contributed by atoms with van der Waals surface area (Å²) in [5.74, 6) is 1.50. The molecular formula is C20H21BrN6O. The van der Waals surface area contributed by atoms with Crippen LogP contribution in [0.5, 0.6) is 0 Å². The fourth-order valence-corrected chi connectivity index (χ4v) is 3.92. The topological polar surface area (TPSA) is 75.9 Å². The lowest BCUT2D eigenvalue weighted by Gasteiger charge is -2.33. The van der Waals surface area contributed by atoms with Crippen molar-refractivity contribution in [2.45, 2.75) is 19.8 Å². The van der Waals surface area contributed by atoms with Gasteiger partial charge in [-0.05, 0) is 49.6 Å². The molecule has 2 aromatic heterocycles. The molecule has 4 rings (SSSR count). The summed E-state index contributed by atoms with van der Waals surface area (Å²) in [5.41, 5.74) is 1.89. The lowest BCUT2D eigenvalue weighted by molar-refractivity contribution is -0.120. The molecule has 144 valence electrons. The van der Waals surface area contributed by atoms with Gasteiger partial charge in [0.1, 0.15) is 12.1 Å². The van der Waals surface area contributed by atoms with Gasteiger partial charge in [0.2, 0.25) is 5.91 Å². The van der Waals surface area contributed by atoms with Crippen LogP contribution in [-0.4, -0.2) is 38.7 Å². The van der Waals surface area contributed by atoms with E-state index in [9.17, 15) is 4.79 Å². The summed E-state index contributed by atoms with van der Waals surface area (Å²) >= 11 is 3.46. The van der Waals surface area contributed by atoms with Crippen LogP contribution in [0.1, 0.15) is 18.4 Å². The molecule has 7 nitrogen and oxygen atoms in total. The molecule has 1 amide bonds. The number of halogens is 1. The van der Waals surface area contributed by atoms with E-state index in [2.05, 4.69) is 41.2 Å². The standard InChI is InChI=1S/C20H21BrN6O/c1-14-10-16(21)5-6-17(14)25-20(28)15-4-2-8-26(12-15)18-11-19(23-13-22-18)27-9-3-7-24-27/h3,5-7,9-11,13,15H,2,4,8,12H2,1H3,(H,25,28). The number of amides is 1. The number of aryl methyl sites for hydroxylation is 1. The molecular weight excluding hydrogens is 420 g/mol. The van der Waals surface area contributed by atoms with Gasteiger partial charge >= 0.3 is 0 Å². The number of aromatic nitrogens is 4. The molecule has 1 N–H and O–H groups in total. The Morgan fingerprint density at radius 2 is 2.11 bits per heavy atom. The van der Waals surface area contributed by atoms with Gasteiger partial charge in [-0.1, -0.05) is 15.9 Å². The number of nitrogens with zero attached hydrogens (tertiary/aromatic N) is 5. The minimum Gasteiger partial charge on any atom is -0.356 e. The third kappa shape index (κ3) is 4.06. The van der Waals surface area contributed by atoms with Gasteiger partial charge in [0.05, 0.1) is 5.92 Å². The first-order valence-corrected chi connectivity index (χ1v) is 10.0. The van der Waals surface area contributed by atoms with E-state index in [1.165, 1.54) is 0 Å². The van der Waals surface area contributed by atoms with Crippen molar-refractivity contribution in [1.29, 1.82) is 0 Å². The number of benzene rings is 1. The zero-order chi connectivity index (χ0) is 19.5. The number of piperidine rings is 1. The molecule has 3 heterocycles. The van der Waals surface area contributed by atoms with Gasteiger partial charge < -0.3 is 10.2 Å². The van der Waals surface area contributed by atoms with Gasteiger partial charge in [-0.25, -0.2) is 14.6 Å². The number of nitrogens with one attached hydrogen (secondary N) is 1. The zero-order valence-electron chi connectivity index (χ0n) is 15.5. The molecule has 0 radical (unpaired) electrons. The van der Waals surface area contributed by atoms with Crippen LogP contribution in [0, 0.1) is 12.8 Å². The van der Waals surface area contributed by atoms with Crippen molar-refractivity contribution >= 4 is 33.3 Å². The zero-order valence-corrected chi connectivity index (χ0v) is 17.1.